The van der Waals surface area contributed by atoms with Crippen LogP contribution in [0.3, 0.4) is 0 Å². The standard InChI is InChI=1S/C28H33N5O5S2/c1-17-15-20-19(13-14-29-23(20)33(17)40(36,37)18-11-9-8-10-12-18)21-16-39-25(30-21)32-24(34)22(27(2,3)4)31-26(35)38-28(5,6)7/h8-16,22H,1-7H3,(H,31,35)(H,30,32,34)/t22-/m0/s1. The Morgan fingerprint density at radius 3 is 2.35 bits per heavy atom. The van der Waals surface area contributed by atoms with Gasteiger partial charge < -0.3 is 15.4 Å². The predicted octanol–water partition coefficient (Wildman–Crippen LogP) is 5.58. The van der Waals surface area contributed by atoms with E-state index in [4.69, 9.17) is 4.74 Å². The first-order chi connectivity index (χ1) is 18.6. The normalized spacial score (nSPS) is 13.2. The van der Waals surface area contributed by atoms with E-state index < -0.39 is 39.1 Å². The molecular formula is C28H33N5O5S2. The number of carbonyl (C=O) groups is 2. The van der Waals surface area contributed by atoms with E-state index in [0.717, 1.165) is 0 Å². The number of benzene rings is 1. The predicted molar refractivity (Wildman–Crippen MR) is 156 cm³/mol. The highest BCUT2D eigenvalue weighted by Crippen LogP contribution is 2.34. The molecule has 0 aliphatic heterocycles. The zero-order valence-electron chi connectivity index (χ0n) is 23.5. The van der Waals surface area contributed by atoms with Gasteiger partial charge in [0, 0.05) is 28.2 Å². The summed E-state index contributed by atoms with van der Waals surface area (Å²) in [5.41, 5.74) is 0.695. The molecular weight excluding hydrogens is 550 g/mol. The highest BCUT2D eigenvalue weighted by Gasteiger charge is 2.35. The summed E-state index contributed by atoms with van der Waals surface area (Å²) >= 11 is 1.22. The fourth-order valence-electron chi connectivity index (χ4n) is 4.16. The van der Waals surface area contributed by atoms with Crippen LogP contribution in [0.2, 0.25) is 0 Å². The van der Waals surface area contributed by atoms with Crippen molar-refractivity contribution in [3.05, 3.63) is 59.7 Å². The molecule has 3 aromatic heterocycles. The van der Waals surface area contributed by atoms with Gasteiger partial charge >= 0.3 is 6.09 Å². The second-order valence-corrected chi connectivity index (χ2v) is 14.1. The molecule has 0 saturated heterocycles. The number of aryl methyl sites for hydroxylation is 1. The molecule has 0 unspecified atom stereocenters. The average molecular weight is 584 g/mol. The smallest absolute Gasteiger partial charge is 0.408 e. The van der Waals surface area contributed by atoms with Gasteiger partial charge in [-0.15, -0.1) is 11.3 Å². The van der Waals surface area contributed by atoms with Gasteiger partial charge in [-0.3, -0.25) is 4.79 Å². The zero-order chi connectivity index (χ0) is 29.5. The van der Waals surface area contributed by atoms with Crippen molar-refractivity contribution in [1.82, 2.24) is 19.3 Å². The molecule has 1 atom stereocenters. The number of anilines is 1. The van der Waals surface area contributed by atoms with Gasteiger partial charge in [-0.05, 0) is 57.4 Å². The molecule has 0 bridgehead atoms. The maximum absolute atomic E-state index is 13.4. The van der Waals surface area contributed by atoms with Gasteiger partial charge in [0.2, 0.25) is 5.91 Å². The van der Waals surface area contributed by atoms with Gasteiger partial charge in [0.15, 0.2) is 10.8 Å². The number of ether oxygens (including phenoxy) is 1. The van der Waals surface area contributed by atoms with Crippen LogP contribution in [0.5, 0.6) is 0 Å². The monoisotopic (exact) mass is 583 g/mol. The SMILES string of the molecule is Cc1cc2c(-c3csc(NC(=O)[C@H](NC(=O)OC(C)(C)C)C(C)(C)C)n3)ccnc2n1S(=O)(=O)c1ccccc1. The van der Waals surface area contributed by atoms with E-state index in [1.807, 2.05) is 20.8 Å². The van der Waals surface area contributed by atoms with Crippen molar-refractivity contribution in [2.24, 2.45) is 5.41 Å². The van der Waals surface area contributed by atoms with Gasteiger partial charge in [-0.2, -0.15) is 0 Å². The molecule has 3 heterocycles. The van der Waals surface area contributed by atoms with Crippen LogP contribution in [-0.4, -0.2) is 46.0 Å². The molecule has 40 heavy (non-hydrogen) atoms. The summed E-state index contributed by atoms with van der Waals surface area (Å²) in [5, 5.41) is 8.19. The van der Waals surface area contributed by atoms with E-state index in [0.29, 0.717) is 27.5 Å². The lowest BCUT2D eigenvalue weighted by molar-refractivity contribution is -0.120. The number of alkyl carbamates (subject to hydrolysis) is 1. The molecule has 0 spiro atoms. The van der Waals surface area contributed by atoms with Gasteiger partial charge in [-0.25, -0.2) is 27.2 Å². The summed E-state index contributed by atoms with van der Waals surface area (Å²) in [6.45, 7) is 12.5. The fourth-order valence-corrected chi connectivity index (χ4v) is 6.39. The molecule has 212 valence electrons. The van der Waals surface area contributed by atoms with Crippen LogP contribution >= 0.6 is 11.3 Å². The Morgan fingerprint density at radius 2 is 1.73 bits per heavy atom. The number of nitrogens with zero attached hydrogens (tertiary/aromatic N) is 3. The second-order valence-electron chi connectivity index (χ2n) is 11.4. The summed E-state index contributed by atoms with van der Waals surface area (Å²) in [4.78, 5) is 34.7. The van der Waals surface area contributed by atoms with Crippen LogP contribution in [0.1, 0.15) is 47.2 Å². The van der Waals surface area contributed by atoms with Crippen molar-refractivity contribution in [3.63, 3.8) is 0 Å². The van der Waals surface area contributed by atoms with E-state index in [9.17, 15) is 18.0 Å². The number of amides is 2. The number of fused-ring (bicyclic) bond motifs is 1. The summed E-state index contributed by atoms with van der Waals surface area (Å²) in [7, 11) is -3.87. The summed E-state index contributed by atoms with van der Waals surface area (Å²) in [5.74, 6) is -0.435. The molecule has 0 fully saturated rings. The molecule has 4 rings (SSSR count). The number of pyridine rings is 1. The van der Waals surface area contributed by atoms with Crippen LogP contribution in [0.25, 0.3) is 22.3 Å². The summed E-state index contributed by atoms with van der Waals surface area (Å²) < 4.78 is 33.4. The van der Waals surface area contributed by atoms with Gasteiger partial charge in [0.05, 0.1) is 10.6 Å². The molecule has 2 amide bonds. The quantitative estimate of drug-likeness (QED) is 0.303. The third kappa shape index (κ3) is 6.18. The topological polar surface area (TPSA) is 132 Å². The van der Waals surface area contributed by atoms with E-state index in [1.54, 1.807) is 75.5 Å². The lowest BCUT2D eigenvalue weighted by Crippen LogP contribution is -2.52. The number of hydrogen-bond acceptors (Lipinski definition) is 8. The molecule has 2 N–H and O–H groups in total. The minimum Gasteiger partial charge on any atom is -0.444 e. The zero-order valence-corrected chi connectivity index (χ0v) is 25.1. The van der Waals surface area contributed by atoms with Crippen molar-refractivity contribution >= 4 is 49.5 Å². The van der Waals surface area contributed by atoms with Crippen LogP contribution in [0, 0.1) is 12.3 Å². The maximum Gasteiger partial charge on any atom is 0.408 e. The molecule has 0 saturated carbocycles. The Hall–Kier alpha value is -3.77. The molecule has 0 aliphatic carbocycles. The van der Waals surface area contributed by atoms with Crippen molar-refractivity contribution in [2.75, 3.05) is 5.32 Å². The number of rotatable bonds is 6. The summed E-state index contributed by atoms with van der Waals surface area (Å²) in [6, 6.07) is 10.8. The number of aromatic nitrogens is 3. The number of thiazole rings is 1. The third-order valence-corrected chi connectivity index (χ3v) is 8.48. The second kappa shape index (κ2) is 10.7. The first kappa shape index (κ1) is 29.2. The van der Waals surface area contributed by atoms with E-state index in [1.165, 1.54) is 21.5 Å². The number of nitrogens with one attached hydrogen (secondary N) is 2. The molecule has 1 aromatic carbocycles. The maximum atomic E-state index is 13.4. The first-order valence-electron chi connectivity index (χ1n) is 12.6. The van der Waals surface area contributed by atoms with E-state index in [-0.39, 0.29) is 10.5 Å². The van der Waals surface area contributed by atoms with Crippen LogP contribution < -0.4 is 10.6 Å². The minimum absolute atomic E-state index is 0.162. The summed E-state index contributed by atoms with van der Waals surface area (Å²) in [6.07, 6.45) is 0.846. The highest BCUT2D eigenvalue weighted by molar-refractivity contribution is 7.90. The van der Waals surface area contributed by atoms with Crippen molar-refractivity contribution in [2.45, 2.75) is 65.0 Å². The number of carbonyl (C=O) groups excluding carboxylic acids is 2. The fraction of sp³-hybridized carbons (Fsp3) is 0.357. The minimum atomic E-state index is -3.87. The molecule has 10 nitrogen and oxygen atoms in total. The molecule has 12 heteroatoms. The Morgan fingerprint density at radius 1 is 1.05 bits per heavy atom. The lowest BCUT2D eigenvalue weighted by atomic mass is 9.86. The van der Waals surface area contributed by atoms with Crippen LogP contribution in [-0.2, 0) is 19.6 Å². The largest absolute Gasteiger partial charge is 0.444 e. The van der Waals surface area contributed by atoms with Gasteiger partial charge in [-0.1, -0.05) is 39.0 Å². The first-order valence-corrected chi connectivity index (χ1v) is 14.9. The average Bonchev–Trinajstić information content (AvgIpc) is 3.44. The molecule has 0 radical (unpaired) electrons. The highest BCUT2D eigenvalue weighted by atomic mass is 32.2. The van der Waals surface area contributed by atoms with Crippen molar-refractivity contribution in [3.8, 4) is 11.3 Å². The number of hydrogen-bond donors (Lipinski definition) is 2. The van der Waals surface area contributed by atoms with Gasteiger partial charge in [0.25, 0.3) is 10.0 Å². The molecule has 0 aliphatic rings. The van der Waals surface area contributed by atoms with Gasteiger partial charge in [0.1, 0.15) is 11.6 Å². The third-order valence-electron chi connectivity index (χ3n) is 5.92. The Kier molecular flexibility index (Phi) is 7.79. The van der Waals surface area contributed by atoms with E-state index in [2.05, 4.69) is 20.6 Å². The lowest BCUT2D eigenvalue weighted by Gasteiger charge is -2.31. The van der Waals surface area contributed by atoms with Crippen LogP contribution in [0.4, 0.5) is 9.93 Å². The van der Waals surface area contributed by atoms with Crippen molar-refractivity contribution in [1.29, 1.82) is 0 Å². The van der Waals surface area contributed by atoms with Crippen LogP contribution in [0.15, 0.2) is 58.9 Å². The Labute approximate surface area is 237 Å². The Balaban J connectivity index is 1.63. The van der Waals surface area contributed by atoms with E-state index >= 15 is 0 Å². The molecule has 4 aromatic rings. The Bertz CT molecular complexity index is 1660. The van der Waals surface area contributed by atoms with Crippen molar-refractivity contribution < 1.29 is 22.7 Å².